The predicted molar refractivity (Wildman–Crippen MR) is 123 cm³/mol. The van der Waals surface area contributed by atoms with Crippen molar-refractivity contribution >= 4 is 6.08 Å². The summed E-state index contributed by atoms with van der Waals surface area (Å²) in [6.45, 7) is 2.93. The van der Waals surface area contributed by atoms with Gasteiger partial charge in [0.2, 0.25) is 0 Å². The number of nitriles is 1. The van der Waals surface area contributed by atoms with Gasteiger partial charge >= 0.3 is 0 Å². The first-order chi connectivity index (χ1) is 14.3. The molecule has 0 saturated heterocycles. The Morgan fingerprint density at radius 3 is 2.17 bits per heavy atom. The highest BCUT2D eigenvalue weighted by atomic mass is 16.5. The molecular formula is C27H37NO. The molecule has 1 aromatic rings. The molecule has 2 rings (SSSR count). The summed E-state index contributed by atoms with van der Waals surface area (Å²) < 4.78 is 5.99. The van der Waals surface area contributed by atoms with Crippen LogP contribution in [0.4, 0.5) is 0 Å². The Bertz CT molecular complexity index is 695. The second-order valence-corrected chi connectivity index (χ2v) is 8.02. The average Bonchev–Trinajstić information content (AvgIpc) is 2.77. The lowest BCUT2D eigenvalue weighted by molar-refractivity contribution is 0.0319. The van der Waals surface area contributed by atoms with Gasteiger partial charge in [-0.2, -0.15) is 5.26 Å². The normalized spacial score (nSPS) is 18.7. The zero-order chi connectivity index (χ0) is 20.6. The molecular weight excluding hydrogens is 354 g/mol. The van der Waals surface area contributed by atoms with Crippen LogP contribution in [0.25, 0.3) is 6.08 Å². The minimum Gasteiger partial charge on any atom is -0.356 e. The van der Waals surface area contributed by atoms with Gasteiger partial charge in [-0.15, -0.1) is 0 Å². The second-order valence-electron chi connectivity index (χ2n) is 8.02. The van der Waals surface area contributed by atoms with E-state index in [4.69, 9.17) is 4.74 Å². The molecule has 1 aliphatic carbocycles. The van der Waals surface area contributed by atoms with Crippen LogP contribution in [0.2, 0.25) is 0 Å². The highest BCUT2D eigenvalue weighted by Gasteiger charge is 2.28. The zero-order valence-electron chi connectivity index (χ0n) is 18.1. The third-order valence-corrected chi connectivity index (χ3v) is 5.50. The smallest absolute Gasteiger partial charge is 0.176 e. The van der Waals surface area contributed by atoms with E-state index in [1.807, 2.05) is 30.4 Å². The first-order valence-corrected chi connectivity index (χ1v) is 11.5. The van der Waals surface area contributed by atoms with E-state index in [2.05, 4.69) is 43.4 Å². The number of ether oxygens (including phenoxy) is 1. The lowest BCUT2D eigenvalue weighted by Crippen LogP contribution is -2.29. The first-order valence-electron chi connectivity index (χ1n) is 11.5. The van der Waals surface area contributed by atoms with Gasteiger partial charge in [0.05, 0.1) is 0 Å². The fourth-order valence-electron chi connectivity index (χ4n) is 3.58. The van der Waals surface area contributed by atoms with Gasteiger partial charge < -0.3 is 4.74 Å². The second kappa shape index (κ2) is 14.0. The zero-order valence-corrected chi connectivity index (χ0v) is 18.1. The minimum absolute atomic E-state index is 0.617. The Labute approximate surface area is 178 Å². The molecule has 0 N–H and O–H groups in total. The number of benzene rings is 1. The van der Waals surface area contributed by atoms with Crippen molar-refractivity contribution in [3.63, 3.8) is 0 Å². The molecule has 0 saturated carbocycles. The highest BCUT2D eigenvalue weighted by Crippen LogP contribution is 2.26. The van der Waals surface area contributed by atoms with Crippen molar-refractivity contribution < 1.29 is 4.74 Å². The molecule has 0 aliphatic heterocycles. The maximum Gasteiger partial charge on any atom is 0.176 e. The SMILES string of the molecule is CCCCCCCCCCCCOC1(C#N)C=CC(C=Cc2ccccc2)=CC1. The van der Waals surface area contributed by atoms with Gasteiger partial charge in [-0.05, 0) is 23.6 Å². The molecule has 0 radical (unpaired) electrons. The Morgan fingerprint density at radius 1 is 0.931 bits per heavy atom. The van der Waals surface area contributed by atoms with Crippen molar-refractivity contribution in [3.8, 4) is 6.07 Å². The van der Waals surface area contributed by atoms with E-state index in [-0.39, 0.29) is 0 Å². The molecule has 1 atom stereocenters. The number of unbranched alkanes of at least 4 members (excludes halogenated alkanes) is 9. The predicted octanol–water partition coefficient (Wildman–Crippen LogP) is 7.79. The monoisotopic (exact) mass is 391 g/mol. The van der Waals surface area contributed by atoms with Gasteiger partial charge in [0.25, 0.3) is 0 Å². The topological polar surface area (TPSA) is 33.0 Å². The van der Waals surface area contributed by atoms with Gasteiger partial charge in [0.15, 0.2) is 5.60 Å². The summed E-state index contributed by atoms with van der Waals surface area (Å²) in [7, 11) is 0. The number of hydrogen-bond donors (Lipinski definition) is 0. The number of hydrogen-bond acceptors (Lipinski definition) is 2. The van der Waals surface area contributed by atoms with Crippen LogP contribution in [-0.2, 0) is 4.74 Å². The van der Waals surface area contributed by atoms with Gasteiger partial charge in [0.1, 0.15) is 6.07 Å². The van der Waals surface area contributed by atoms with Crippen LogP contribution in [0.5, 0.6) is 0 Å². The Hall–Kier alpha value is -2.11. The van der Waals surface area contributed by atoms with Crippen LogP contribution >= 0.6 is 0 Å². The average molecular weight is 392 g/mol. The van der Waals surface area contributed by atoms with Gasteiger partial charge in [-0.25, -0.2) is 0 Å². The summed E-state index contributed by atoms with van der Waals surface area (Å²) in [6.07, 6.45) is 23.9. The Morgan fingerprint density at radius 2 is 1.59 bits per heavy atom. The standard InChI is InChI=1S/C27H37NO/c1-2-3-4-5-6-7-8-9-10-14-23-29-27(24-28)21-19-26(20-22-27)18-17-25-15-12-11-13-16-25/h11-13,15-21H,2-10,14,22-23H2,1H3. The molecule has 1 aliphatic rings. The summed E-state index contributed by atoms with van der Waals surface area (Å²) in [4.78, 5) is 0. The van der Waals surface area contributed by atoms with E-state index >= 15 is 0 Å². The lowest BCUT2D eigenvalue weighted by atomic mass is 9.92. The number of rotatable bonds is 14. The minimum atomic E-state index is -0.788. The van der Waals surface area contributed by atoms with E-state index in [1.54, 1.807) is 0 Å². The van der Waals surface area contributed by atoms with E-state index in [0.29, 0.717) is 13.0 Å². The quantitative estimate of drug-likeness (QED) is 0.303. The molecule has 0 spiro atoms. The van der Waals surface area contributed by atoms with Crippen molar-refractivity contribution in [2.75, 3.05) is 6.61 Å². The fourth-order valence-corrected chi connectivity index (χ4v) is 3.58. The van der Waals surface area contributed by atoms with E-state index < -0.39 is 5.60 Å². The van der Waals surface area contributed by atoms with Crippen molar-refractivity contribution in [1.82, 2.24) is 0 Å². The Balaban J connectivity index is 1.60. The molecule has 0 aromatic heterocycles. The number of nitrogens with zero attached hydrogens (tertiary/aromatic N) is 1. The third kappa shape index (κ3) is 9.29. The van der Waals surface area contributed by atoms with Crippen molar-refractivity contribution in [3.05, 3.63) is 65.8 Å². The molecule has 29 heavy (non-hydrogen) atoms. The van der Waals surface area contributed by atoms with Crippen molar-refractivity contribution in [2.45, 2.75) is 83.2 Å². The Kier molecular flexibility index (Phi) is 11.2. The molecule has 0 fully saturated rings. The highest BCUT2D eigenvalue weighted by molar-refractivity contribution is 5.55. The van der Waals surface area contributed by atoms with Gasteiger partial charge in [-0.3, -0.25) is 0 Å². The maximum atomic E-state index is 9.62. The van der Waals surface area contributed by atoms with E-state index in [1.165, 1.54) is 63.4 Å². The third-order valence-electron chi connectivity index (χ3n) is 5.50. The molecule has 1 aromatic carbocycles. The van der Waals surface area contributed by atoms with Crippen LogP contribution in [0, 0.1) is 11.3 Å². The molecule has 0 heterocycles. The van der Waals surface area contributed by atoms with Crippen LogP contribution in [0.3, 0.4) is 0 Å². The maximum absolute atomic E-state index is 9.62. The summed E-state index contributed by atoms with van der Waals surface area (Å²) in [5.41, 5.74) is 1.52. The van der Waals surface area contributed by atoms with Crippen LogP contribution < -0.4 is 0 Å². The van der Waals surface area contributed by atoms with E-state index in [0.717, 1.165) is 12.0 Å². The van der Waals surface area contributed by atoms with Gasteiger partial charge in [0, 0.05) is 13.0 Å². The van der Waals surface area contributed by atoms with Crippen LogP contribution in [0.1, 0.15) is 83.1 Å². The van der Waals surface area contributed by atoms with Crippen LogP contribution in [0.15, 0.2) is 60.2 Å². The summed E-state index contributed by atoms with van der Waals surface area (Å²) in [5, 5.41) is 9.62. The van der Waals surface area contributed by atoms with Gasteiger partial charge in [-0.1, -0.05) is 119 Å². The summed E-state index contributed by atoms with van der Waals surface area (Å²) in [5.74, 6) is 0. The molecule has 2 heteroatoms. The summed E-state index contributed by atoms with van der Waals surface area (Å²) in [6, 6.07) is 12.6. The molecule has 0 amide bonds. The van der Waals surface area contributed by atoms with E-state index in [9.17, 15) is 5.26 Å². The fraction of sp³-hybridized carbons (Fsp3) is 0.519. The summed E-state index contributed by atoms with van der Waals surface area (Å²) >= 11 is 0. The molecule has 156 valence electrons. The lowest BCUT2D eigenvalue weighted by Gasteiger charge is -2.25. The largest absolute Gasteiger partial charge is 0.356 e. The van der Waals surface area contributed by atoms with Crippen molar-refractivity contribution in [2.24, 2.45) is 0 Å². The van der Waals surface area contributed by atoms with Crippen molar-refractivity contribution in [1.29, 1.82) is 5.26 Å². The first kappa shape index (κ1) is 23.2. The number of allylic oxidation sites excluding steroid dienone is 3. The molecule has 2 nitrogen and oxygen atoms in total. The molecule has 1 unspecified atom stereocenters. The van der Waals surface area contributed by atoms with Crippen LogP contribution in [-0.4, -0.2) is 12.2 Å². The molecule has 0 bridgehead atoms.